The summed E-state index contributed by atoms with van der Waals surface area (Å²) in [5, 5.41) is 0. The molecule has 4 nitrogen and oxygen atoms in total. The standard InChI is InChI=1S/C16H20O4/c1-4-19-14(17)13-10-16(13,15(18)20-5-2)12-9-7-6-8-11(12)3/h6-9,13H,4-5,10H2,1-3H3/t13-,16-/m0/s1. The lowest BCUT2D eigenvalue weighted by Crippen LogP contribution is -2.29. The van der Waals surface area contributed by atoms with Crippen molar-refractivity contribution in [3.05, 3.63) is 35.4 Å². The molecule has 1 aliphatic rings. The van der Waals surface area contributed by atoms with Crippen LogP contribution in [0.2, 0.25) is 0 Å². The van der Waals surface area contributed by atoms with E-state index in [1.807, 2.05) is 31.2 Å². The minimum Gasteiger partial charge on any atom is -0.466 e. The Morgan fingerprint density at radius 3 is 2.45 bits per heavy atom. The summed E-state index contributed by atoms with van der Waals surface area (Å²) in [6.07, 6.45) is 0.468. The lowest BCUT2D eigenvalue weighted by Gasteiger charge is -2.18. The summed E-state index contributed by atoms with van der Waals surface area (Å²) in [5.41, 5.74) is 1.01. The second kappa shape index (κ2) is 5.65. The van der Waals surface area contributed by atoms with Gasteiger partial charge in [0.2, 0.25) is 0 Å². The Kier molecular flexibility index (Phi) is 4.12. The van der Waals surface area contributed by atoms with Gasteiger partial charge in [-0.1, -0.05) is 24.3 Å². The summed E-state index contributed by atoms with van der Waals surface area (Å²) in [7, 11) is 0. The van der Waals surface area contributed by atoms with E-state index in [1.165, 1.54) is 0 Å². The van der Waals surface area contributed by atoms with Gasteiger partial charge in [-0.25, -0.2) is 0 Å². The van der Waals surface area contributed by atoms with Crippen molar-refractivity contribution < 1.29 is 19.1 Å². The van der Waals surface area contributed by atoms with Crippen molar-refractivity contribution in [2.24, 2.45) is 5.92 Å². The third-order valence-electron chi connectivity index (χ3n) is 3.80. The molecule has 0 aromatic heterocycles. The van der Waals surface area contributed by atoms with Gasteiger partial charge in [0, 0.05) is 0 Å². The maximum absolute atomic E-state index is 12.4. The average Bonchev–Trinajstić information content (AvgIpc) is 3.16. The molecular formula is C16H20O4. The van der Waals surface area contributed by atoms with Gasteiger partial charge in [0.1, 0.15) is 5.41 Å². The Balaban J connectivity index is 2.36. The van der Waals surface area contributed by atoms with Crippen molar-refractivity contribution >= 4 is 11.9 Å². The fourth-order valence-corrected chi connectivity index (χ4v) is 2.76. The van der Waals surface area contributed by atoms with Crippen molar-refractivity contribution in [2.45, 2.75) is 32.6 Å². The zero-order chi connectivity index (χ0) is 14.8. The van der Waals surface area contributed by atoms with Crippen LogP contribution in [-0.4, -0.2) is 25.2 Å². The molecule has 0 N–H and O–H groups in total. The van der Waals surface area contributed by atoms with E-state index < -0.39 is 11.3 Å². The molecule has 1 fully saturated rings. The normalized spacial score (nSPS) is 24.1. The zero-order valence-corrected chi connectivity index (χ0v) is 12.1. The van der Waals surface area contributed by atoms with Crippen LogP contribution in [0.1, 0.15) is 31.4 Å². The predicted octanol–water partition coefficient (Wildman–Crippen LogP) is 2.38. The van der Waals surface area contributed by atoms with Crippen molar-refractivity contribution in [1.29, 1.82) is 0 Å². The fraction of sp³-hybridized carbons (Fsp3) is 0.500. The van der Waals surface area contributed by atoms with Crippen LogP contribution in [0.25, 0.3) is 0 Å². The summed E-state index contributed by atoms with van der Waals surface area (Å²) < 4.78 is 10.3. The lowest BCUT2D eigenvalue weighted by atomic mass is 9.89. The molecule has 0 unspecified atom stereocenters. The largest absolute Gasteiger partial charge is 0.466 e. The maximum Gasteiger partial charge on any atom is 0.317 e. The van der Waals surface area contributed by atoms with E-state index in [1.54, 1.807) is 13.8 Å². The van der Waals surface area contributed by atoms with Crippen LogP contribution in [0, 0.1) is 12.8 Å². The molecule has 1 aromatic rings. The maximum atomic E-state index is 12.4. The number of aryl methyl sites for hydroxylation is 1. The van der Waals surface area contributed by atoms with E-state index in [2.05, 4.69) is 0 Å². The Morgan fingerprint density at radius 2 is 1.85 bits per heavy atom. The van der Waals surface area contributed by atoms with Crippen LogP contribution in [0.4, 0.5) is 0 Å². The number of ether oxygens (including phenoxy) is 2. The van der Waals surface area contributed by atoms with Crippen LogP contribution >= 0.6 is 0 Å². The number of hydrogen-bond donors (Lipinski definition) is 0. The van der Waals surface area contributed by atoms with Crippen LogP contribution in [0.15, 0.2) is 24.3 Å². The molecule has 108 valence electrons. The lowest BCUT2D eigenvalue weighted by molar-refractivity contribution is -0.152. The van der Waals surface area contributed by atoms with Crippen molar-refractivity contribution in [3.8, 4) is 0 Å². The van der Waals surface area contributed by atoms with Gasteiger partial charge in [-0.15, -0.1) is 0 Å². The predicted molar refractivity (Wildman–Crippen MR) is 74.2 cm³/mol. The number of esters is 2. The molecule has 0 bridgehead atoms. The molecule has 20 heavy (non-hydrogen) atoms. The smallest absolute Gasteiger partial charge is 0.317 e. The summed E-state index contributed by atoms with van der Waals surface area (Å²) >= 11 is 0. The molecule has 0 heterocycles. The average molecular weight is 276 g/mol. The van der Waals surface area contributed by atoms with Crippen LogP contribution in [0.3, 0.4) is 0 Å². The van der Waals surface area contributed by atoms with Gasteiger partial charge < -0.3 is 9.47 Å². The Morgan fingerprint density at radius 1 is 1.20 bits per heavy atom. The second-order valence-electron chi connectivity index (χ2n) is 5.02. The van der Waals surface area contributed by atoms with Gasteiger partial charge in [-0.05, 0) is 38.3 Å². The third kappa shape index (κ3) is 2.30. The minimum absolute atomic E-state index is 0.308. The van der Waals surface area contributed by atoms with Crippen molar-refractivity contribution in [3.63, 3.8) is 0 Å². The summed E-state index contributed by atoms with van der Waals surface area (Å²) in [4.78, 5) is 24.4. The number of carbonyl (C=O) groups excluding carboxylic acids is 2. The quantitative estimate of drug-likeness (QED) is 0.775. The van der Waals surface area contributed by atoms with Gasteiger partial charge >= 0.3 is 11.9 Å². The summed E-state index contributed by atoms with van der Waals surface area (Å²) in [5.74, 6) is -1.07. The van der Waals surface area contributed by atoms with E-state index in [0.29, 0.717) is 19.6 Å². The highest BCUT2D eigenvalue weighted by Crippen LogP contribution is 2.56. The summed E-state index contributed by atoms with van der Waals surface area (Å²) in [6.45, 7) is 6.10. The van der Waals surface area contributed by atoms with Crippen LogP contribution in [-0.2, 0) is 24.5 Å². The SMILES string of the molecule is CCOC(=O)[C@@H]1C[C@]1(C(=O)OCC)c1ccccc1C. The molecule has 1 saturated carbocycles. The van der Waals surface area contributed by atoms with Crippen LogP contribution in [0.5, 0.6) is 0 Å². The molecule has 4 heteroatoms. The highest BCUT2D eigenvalue weighted by atomic mass is 16.5. The topological polar surface area (TPSA) is 52.6 Å². The van der Waals surface area contributed by atoms with E-state index in [0.717, 1.165) is 11.1 Å². The molecule has 0 amide bonds. The van der Waals surface area contributed by atoms with Crippen molar-refractivity contribution in [2.75, 3.05) is 13.2 Å². The number of hydrogen-bond acceptors (Lipinski definition) is 4. The first-order valence-electron chi connectivity index (χ1n) is 6.97. The van der Waals surface area contributed by atoms with Gasteiger partial charge in [0.15, 0.2) is 0 Å². The van der Waals surface area contributed by atoms with E-state index >= 15 is 0 Å². The number of benzene rings is 1. The molecule has 0 spiro atoms. The van der Waals surface area contributed by atoms with Gasteiger partial charge in [0.05, 0.1) is 19.1 Å². The Labute approximate surface area is 119 Å². The molecule has 1 aliphatic carbocycles. The first-order chi connectivity index (χ1) is 9.57. The molecule has 0 aliphatic heterocycles. The molecule has 0 saturated heterocycles. The summed E-state index contributed by atoms with van der Waals surface area (Å²) in [6, 6.07) is 7.63. The van der Waals surface area contributed by atoms with Gasteiger partial charge in [-0.3, -0.25) is 9.59 Å². The Hall–Kier alpha value is -1.84. The molecule has 2 atom stereocenters. The first kappa shape index (κ1) is 14.6. The fourth-order valence-electron chi connectivity index (χ4n) is 2.76. The van der Waals surface area contributed by atoms with Crippen LogP contribution < -0.4 is 0 Å². The molecule has 1 aromatic carbocycles. The third-order valence-corrected chi connectivity index (χ3v) is 3.80. The number of carbonyl (C=O) groups is 2. The minimum atomic E-state index is -0.854. The zero-order valence-electron chi connectivity index (χ0n) is 12.1. The van der Waals surface area contributed by atoms with E-state index in [9.17, 15) is 9.59 Å². The highest BCUT2D eigenvalue weighted by molar-refractivity contribution is 5.96. The number of rotatable bonds is 5. The molecule has 2 rings (SSSR count). The second-order valence-corrected chi connectivity index (χ2v) is 5.02. The first-order valence-corrected chi connectivity index (χ1v) is 6.97. The van der Waals surface area contributed by atoms with Gasteiger partial charge in [0.25, 0.3) is 0 Å². The van der Waals surface area contributed by atoms with E-state index in [4.69, 9.17) is 9.47 Å². The van der Waals surface area contributed by atoms with Crippen molar-refractivity contribution in [1.82, 2.24) is 0 Å². The molecular weight excluding hydrogens is 256 g/mol. The highest BCUT2D eigenvalue weighted by Gasteiger charge is 2.67. The van der Waals surface area contributed by atoms with E-state index in [-0.39, 0.29) is 11.9 Å². The Bertz CT molecular complexity index is 523. The van der Waals surface area contributed by atoms with Gasteiger partial charge in [-0.2, -0.15) is 0 Å². The monoisotopic (exact) mass is 276 g/mol. The molecule has 0 radical (unpaired) electrons.